The molecule has 0 spiro atoms. The monoisotopic (exact) mass is 272 g/mol. The maximum Gasteiger partial charge on any atom is 0.146 e. The predicted octanol–water partition coefficient (Wildman–Crippen LogP) is 1.98. The van der Waals surface area contributed by atoms with Crippen molar-refractivity contribution < 1.29 is 9.53 Å². The summed E-state index contributed by atoms with van der Waals surface area (Å²) in [4.78, 5) is 11.1. The number of nitrogens with one attached hydrogen (secondary N) is 2. The van der Waals surface area contributed by atoms with E-state index in [0.717, 1.165) is 19.0 Å². The SMILES string of the molecule is CCC(=O)CNCCO[C@@H](C)[C@H](C)NCCC(C)C. The molecule has 0 aliphatic heterocycles. The molecule has 0 bridgehead atoms. The molecule has 19 heavy (non-hydrogen) atoms. The van der Waals surface area contributed by atoms with Crippen LogP contribution in [0.15, 0.2) is 0 Å². The molecule has 114 valence electrons. The Balaban J connectivity index is 3.51. The summed E-state index contributed by atoms with van der Waals surface area (Å²) in [5, 5.41) is 6.58. The molecule has 2 N–H and O–H groups in total. The third-order valence-corrected chi connectivity index (χ3v) is 3.27. The molecule has 0 radical (unpaired) electrons. The molecular formula is C15H32N2O2. The fraction of sp³-hybridized carbons (Fsp3) is 0.933. The minimum Gasteiger partial charge on any atom is -0.376 e. The van der Waals surface area contributed by atoms with E-state index in [1.165, 1.54) is 6.42 Å². The van der Waals surface area contributed by atoms with Gasteiger partial charge in [0.25, 0.3) is 0 Å². The van der Waals surface area contributed by atoms with Crippen molar-refractivity contribution in [2.45, 2.75) is 59.6 Å². The average molecular weight is 272 g/mol. The standard InChI is InChI=1S/C15H32N2O2/c1-6-15(18)11-16-9-10-19-14(5)13(4)17-8-7-12(2)3/h12-14,16-17H,6-11H2,1-5H3/t13-,14-/m0/s1. The van der Waals surface area contributed by atoms with Gasteiger partial charge in [-0.1, -0.05) is 20.8 Å². The van der Waals surface area contributed by atoms with Gasteiger partial charge in [-0.05, 0) is 32.7 Å². The first-order valence-corrected chi connectivity index (χ1v) is 7.54. The molecule has 0 saturated heterocycles. The molecule has 0 rings (SSSR count). The van der Waals surface area contributed by atoms with E-state index in [2.05, 4.69) is 38.3 Å². The van der Waals surface area contributed by atoms with Gasteiger partial charge in [0.15, 0.2) is 0 Å². The number of rotatable bonds is 12. The van der Waals surface area contributed by atoms with Crippen molar-refractivity contribution in [2.24, 2.45) is 5.92 Å². The lowest BCUT2D eigenvalue weighted by Crippen LogP contribution is -2.39. The quantitative estimate of drug-likeness (QED) is 0.533. The fourth-order valence-electron chi connectivity index (χ4n) is 1.58. The van der Waals surface area contributed by atoms with E-state index in [4.69, 9.17) is 4.74 Å². The van der Waals surface area contributed by atoms with Crippen LogP contribution in [0.25, 0.3) is 0 Å². The molecule has 0 unspecified atom stereocenters. The van der Waals surface area contributed by atoms with E-state index in [0.29, 0.717) is 25.6 Å². The topological polar surface area (TPSA) is 50.4 Å². The van der Waals surface area contributed by atoms with Crippen molar-refractivity contribution in [3.8, 4) is 0 Å². The Morgan fingerprint density at radius 3 is 2.42 bits per heavy atom. The van der Waals surface area contributed by atoms with Crippen LogP contribution in [-0.2, 0) is 9.53 Å². The summed E-state index contributed by atoms with van der Waals surface area (Å²) >= 11 is 0. The summed E-state index contributed by atoms with van der Waals surface area (Å²) in [6, 6.07) is 0.357. The zero-order chi connectivity index (χ0) is 14.7. The Kier molecular flexibility index (Phi) is 11.1. The third-order valence-electron chi connectivity index (χ3n) is 3.27. The summed E-state index contributed by atoms with van der Waals surface area (Å²) in [6.45, 7) is 13.5. The van der Waals surface area contributed by atoms with Crippen LogP contribution in [0.2, 0.25) is 0 Å². The highest BCUT2D eigenvalue weighted by atomic mass is 16.5. The lowest BCUT2D eigenvalue weighted by molar-refractivity contribution is -0.118. The normalized spacial score (nSPS) is 14.6. The van der Waals surface area contributed by atoms with Gasteiger partial charge < -0.3 is 15.4 Å². The molecule has 0 heterocycles. The van der Waals surface area contributed by atoms with Crippen molar-refractivity contribution in [1.82, 2.24) is 10.6 Å². The summed E-state index contributed by atoms with van der Waals surface area (Å²) in [6.07, 6.45) is 1.98. The third kappa shape index (κ3) is 11.1. The molecule has 0 aliphatic rings. The van der Waals surface area contributed by atoms with Gasteiger partial charge >= 0.3 is 0 Å². The van der Waals surface area contributed by atoms with Gasteiger partial charge in [0.05, 0.1) is 19.3 Å². The van der Waals surface area contributed by atoms with E-state index < -0.39 is 0 Å². The molecule has 4 nitrogen and oxygen atoms in total. The minimum atomic E-state index is 0.191. The summed E-state index contributed by atoms with van der Waals surface area (Å²) in [7, 11) is 0. The van der Waals surface area contributed by atoms with Crippen LogP contribution >= 0.6 is 0 Å². The van der Waals surface area contributed by atoms with E-state index in [1.807, 2.05) is 6.92 Å². The second-order valence-electron chi connectivity index (χ2n) is 5.57. The second-order valence-corrected chi connectivity index (χ2v) is 5.57. The molecule has 0 aromatic heterocycles. The number of hydrogen-bond acceptors (Lipinski definition) is 4. The van der Waals surface area contributed by atoms with Gasteiger partial charge in [0.2, 0.25) is 0 Å². The van der Waals surface area contributed by atoms with Crippen LogP contribution in [0, 0.1) is 5.92 Å². The number of Topliss-reactive ketones (excluding diaryl/α,β-unsaturated/α-hetero) is 1. The Morgan fingerprint density at radius 2 is 1.84 bits per heavy atom. The van der Waals surface area contributed by atoms with Gasteiger partial charge in [0, 0.05) is 19.0 Å². The largest absolute Gasteiger partial charge is 0.376 e. The number of carbonyl (C=O) groups excluding carboxylic acids is 1. The first-order valence-electron chi connectivity index (χ1n) is 7.54. The Morgan fingerprint density at radius 1 is 1.16 bits per heavy atom. The van der Waals surface area contributed by atoms with E-state index in [1.54, 1.807) is 0 Å². The first kappa shape index (κ1) is 18.6. The number of ether oxygens (including phenoxy) is 1. The van der Waals surface area contributed by atoms with Crippen molar-refractivity contribution in [3.05, 3.63) is 0 Å². The molecule has 0 aromatic carbocycles. The van der Waals surface area contributed by atoms with Crippen LogP contribution in [0.1, 0.15) is 47.5 Å². The lowest BCUT2D eigenvalue weighted by Gasteiger charge is -2.22. The summed E-state index contributed by atoms with van der Waals surface area (Å²) in [5.74, 6) is 0.980. The highest BCUT2D eigenvalue weighted by molar-refractivity contribution is 5.80. The zero-order valence-electron chi connectivity index (χ0n) is 13.3. The maximum absolute atomic E-state index is 11.1. The van der Waals surface area contributed by atoms with Gasteiger partial charge in [-0.25, -0.2) is 0 Å². The van der Waals surface area contributed by atoms with E-state index in [-0.39, 0.29) is 11.9 Å². The van der Waals surface area contributed by atoms with Crippen LogP contribution in [0.4, 0.5) is 0 Å². The van der Waals surface area contributed by atoms with Crippen molar-refractivity contribution in [3.63, 3.8) is 0 Å². The van der Waals surface area contributed by atoms with Gasteiger partial charge in [-0.15, -0.1) is 0 Å². The second kappa shape index (κ2) is 11.4. The molecular weight excluding hydrogens is 240 g/mol. The van der Waals surface area contributed by atoms with Crippen molar-refractivity contribution >= 4 is 5.78 Å². The highest BCUT2D eigenvalue weighted by Gasteiger charge is 2.11. The Labute approximate surface area is 118 Å². The van der Waals surface area contributed by atoms with Crippen LogP contribution in [-0.4, -0.2) is 44.2 Å². The maximum atomic E-state index is 11.1. The summed E-state index contributed by atoms with van der Waals surface area (Å²) in [5.41, 5.74) is 0. The highest BCUT2D eigenvalue weighted by Crippen LogP contribution is 2.01. The minimum absolute atomic E-state index is 0.191. The first-order chi connectivity index (χ1) is 8.97. The molecule has 4 heteroatoms. The molecule has 0 aliphatic carbocycles. The average Bonchev–Trinajstić information content (AvgIpc) is 2.37. The van der Waals surface area contributed by atoms with Crippen molar-refractivity contribution in [2.75, 3.05) is 26.2 Å². The molecule has 0 saturated carbocycles. The van der Waals surface area contributed by atoms with Crippen LogP contribution < -0.4 is 10.6 Å². The van der Waals surface area contributed by atoms with Gasteiger partial charge in [-0.3, -0.25) is 4.79 Å². The van der Waals surface area contributed by atoms with Crippen molar-refractivity contribution in [1.29, 1.82) is 0 Å². The van der Waals surface area contributed by atoms with Gasteiger partial charge in [0.1, 0.15) is 5.78 Å². The molecule has 0 aromatic rings. The predicted molar refractivity (Wildman–Crippen MR) is 80.5 cm³/mol. The van der Waals surface area contributed by atoms with E-state index >= 15 is 0 Å². The lowest BCUT2D eigenvalue weighted by atomic mass is 10.1. The number of carbonyl (C=O) groups is 1. The van der Waals surface area contributed by atoms with E-state index in [9.17, 15) is 4.79 Å². The van der Waals surface area contributed by atoms with Gasteiger partial charge in [-0.2, -0.15) is 0 Å². The molecule has 0 fully saturated rings. The Bertz CT molecular complexity index is 232. The zero-order valence-corrected chi connectivity index (χ0v) is 13.3. The van der Waals surface area contributed by atoms with Crippen LogP contribution in [0.5, 0.6) is 0 Å². The van der Waals surface area contributed by atoms with Crippen LogP contribution in [0.3, 0.4) is 0 Å². The smallest absolute Gasteiger partial charge is 0.146 e. The summed E-state index contributed by atoms with van der Waals surface area (Å²) < 4.78 is 5.74. The molecule has 0 amide bonds. The number of hydrogen-bond donors (Lipinski definition) is 2. The Hall–Kier alpha value is -0.450. The molecule has 2 atom stereocenters. The number of ketones is 1. The fourth-order valence-corrected chi connectivity index (χ4v) is 1.58.